The highest BCUT2D eigenvalue weighted by Crippen LogP contribution is 2.73. The molecule has 4 fully saturated rings. The molecule has 3 N–H and O–H groups in total. The second kappa shape index (κ2) is 8.28. The summed E-state index contributed by atoms with van der Waals surface area (Å²) in [5, 5.41) is 34.5. The zero-order valence-corrected chi connectivity index (χ0v) is 21.3. The van der Waals surface area contributed by atoms with Crippen LogP contribution in [0.3, 0.4) is 0 Å². The average Bonchev–Trinajstić information content (AvgIpc) is 2.90. The lowest BCUT2D eigenvalue weighted by Gasteiger charge is -2.70. The van der Waals surface area contributed by atoms with Gasteiger partial charge in [0.1, 0.15) is 18.3 Å². The Morgan fingerprint density at radius 2 is 1.46 bits per heavy atom. The number of esters is 3. The van der Waals surface area contributed by atoms with Crippen LogP contribution in [0.25, 0.3) is 0 Å². The van der Waals surface area contributed by atoms with Gasteiger partial charge in [0.15, 0.2) is 0 Å². The van der Waals surface area contributed by atoms with E-state index in [1.54, 1.807) is 0 Å². The number of carbonyl (C=O) groups excluding carboxylic acids is 3. The van der Waals surface area contributed by atoms with Gasteiger partial charge in [0.05, 0.1) is 18.3 Å². The van der Waals surface area contributed by atoms with Gasteiger partial charge in [0.25, 0.3) is 0 Å². The van der Waals surface area contributed by atoms with Gasteiger partial charge in [0.2, 0.25) is 0 Å². The highest BCUT2D eigenvalue weighted by Gasteiger charge is 2.79. The summed E-state index contributed by atoms with van der Waals surface area (Å²) in [6, 6.07) is 0. The minimum Gasteiger partial charge on any atom is -0.462 e. The molecule has 0 radical (unpaired) electrons. The van der Waals surface area contributed by atoms with Crippen molar-refractivity contribution in [2.75, 3.05) is 0 Å². The Hall–Kier alpha value is -1.97. The van der Waals surface area contributed by atoms with Crippen LogP contribution in [0.2, 0.25) is 0 Å². The minimum absolute atomic E-state index is 0.115. The van der Waals surface area contributed by atoms with Crippen molar-refractivity contribution < 1.29 is 43.9 Å². The summed E-state index contributed by atoms with van der Waals surface area (Å²) in [6.07, 6.45) is -5.16. The van der Waals surface area contributed by atoms with Crippen LogP contribution < -0.4 is 0 Å². The lowest BCUT2D eigenvalue weighted by molar-refractivity contribution is -0.324. The van der Waals surface area contributed by atoms with E-state index in [-0.39, 0.29) is 12.3 Å². The summed E-state index contributed by atoms with van der Waals surface area (Å²) in [6.45, 7) is 13.4. The molecule has 9 heteroatoms. The number of rotatable bonds is 3. The van der Waals surface area contributed by atoms with Crippen LogP contribution in [-0.4, -0.2) is 69.9 Å². The maximum absolute atomic E-state index is 12.4. The van der Waals surface area contributed by atoms with Gasteiger partial charge >= 0.3 is 17.9 Å². The zero-order chi connectivity index (χ0) is 26.2. The van der Waals surface area contributed by atoms with Crippen LogP contribution in [0.1, 0.15) is 60.8 Å². The molecule has 35 heavy (non-hydrogen) atoms. The van der Waals surface area contributed by atoms with Crippen LogP contribution in [-0.2, 0) is 28.6 Å². The monoisotopic (exact) mass is 494 g/mol. The van der Waals surface area contributed by atoms with Crippen LogP contribution in [0.5, 0.6) is 0 Å². The smallest absolute Gasteiger partial charge is 0.303 e. The minimum atomic E-state index is -1.22. The molecule has 0 aromatic carbocycles. The Morgan fingerprint density at radius 1 is 0.886 bits per heavy atom. The van der Waals surface area contributed by atoms with E-state index >= 15 is 0 Å². The number of hydrogen-bond donors (Lipinski definition) is 3. The normalized spacial score (nSPS) is 47.8. The Labute approximate surface area is 205 Å². The predicted octanol–water partition coefficient (Wildman–Crippen LogP) is 1.51. The topological polar surface area (TPSA) is 140 Å². The molecule has 9 nitrogen and oxygen atoms in total. The zero-order valence-electron chi connectivity index (χ0n) is 21.3. The number of aliphatic hydroxyl groups is 3. The quantitative estimate of drug-likeness (QED) is 0.303. The molecule has 4 saturated carbocycles. The second-order valence-electron chi connectivity index (χ2n) is 11.9. The summed E-state index contributed by atoms with van der Waals surface area (Å²) in [5.41, 5.74) is -2.59. The van der Waals surface area contributed by atoms with Crippen molar-refractivity contribution in [3.05, 3.63) is 12.2 Å². The van der Waals surface area contributed by atoms with Gasteiger partial charge in [-0.15, -0.1) is 0 Å². The van der Waals surface area contributed by atoms with Crippen LogP contribution in [0.4, 0.5) is 0 Å². The third kappa shape index (κ3) is 3.49. The summed E-state index contributed by atoms with van der Waals surface area (Å²) in [5.74, 6) is -3.35. The summed E-state index contributed by atoms with van der Waals surface area (Å²) < 4.78 is 17.6. The molecule has 196 valence electrons. The standard InChI is InChI=1S/C26H38O9/c1-11-15-8-16(30)20-25(7)18(33-12(2)27)9-17(31)24(5,6)21(25)19(34-13(3)28)23(35-14(4)29)26(20,10-15)22(11)32/h15-23,30-32H,1,8-10H2,2-7H3/t15-,16+,17+,18+,19-,20+,21-,22-,23+,25+,26+/m1/s1. The van der Waals surface area contributed by atoms with E-state index < -0.39 is 82.6 Å². The van der Waals surface area contributed by atoms with Crippen molar-refractivity contribution in [1.29, 1.82) is 0 Å². The molecule has 4 aliphatic carbocycles. The molecular weight excluding hydrogens is 456 g/mol. The fourth-order valence-electron chi connectivity index (χ4n) is 8.67. The maximum Gasteiger partial charge on any atom is 0.303 e. The molecule has 4 rings (SSSR count). The van der Waals surface area contributed by atoms with E-state index in [1.807, 2.05) is 20.8 Å². The first-order valence-electron chi connectivity index (χ1n) is 12.3. The second-order valence-corrected chi connectivity index (χ2v) is 11.9. The lowest BCUT2D eigenvalue weighted by atomic mass is 9.37. The Kier molecular flexibility index (Phi) is 6.18. The average molecular weight is 495 g/mol. The van der Waals surface area contributed by atoms with E-state index in [0.717, 1.165) is 0 Å². The van der Waals surface area contributed by atoms with Gasteiger partial charge in [-0.1, -0.05) is 27.4 Å². The van der Waals surface area contributed by atoms with Crippen LogP contribution >= 0.6 is 0 Å². The maximum atomic E-state index is 12.4. The molecular formula is C26H38O9. The van der Waals surface area contributed by atoms with Gasteiger partial charge in [-0.25, -0.2) is 0 Å². The first-order valence-corrected chi connectivity index (χ1v) is 12.3. The number of hydrogen-bond acceptors (Lipinski definition) is 9. The van der Waals surface area contributed by atoms with E-state index in [2.05, 4.69) is 6.58 Å². The molecule has 0 saturated heterocycles. The Balaban J connectivity index is 2.04. The summed E-state index contributed by atoms with van der Waals surface area (Å²) >= 11 is 0. The van der Waals surface area contributed by atoms with Crippen molar-refractivity contribution >= 4 is 17.9 Å². The molecule has 2 bridgehead atoms. The molecule has 4 aliphatic rings. The van der Waals surface area contributed by atoms with Gasteiger partial charge < -0.3 is 29.5 Å². The summed E-state index contributed by atoms with van der Waals surface area (Å²) in [4.78, 5) is 37.0. The van der Waals surface area contributed by atoms with Gasteiger partial charge in [-0.2, -0.15) is 0 Å². The van der Waals surface area contributed by atoms with Crippen LogP contribution in [0, 0.1) is 34.0 Å². The molecule has 0 aliphatic heterocycles. The molecule has 0 unspecified atom stereocenters. The van der Waals surface area contributed by atoms with E-state index in [0.29, 0.717) is 18.4 Å². The fraction of sp³-hybridized carbons (Fsp3) is 0.808. The van der Waals surface area contributed by atoms with Crippen molar-refractivity contribution in [3.63, 3.8) is 0 Å². The molecule has 0 aromatic heterocycles. The van der Waals surface area contributed by atoms with Crippen molar-refractivity contribution in [2.24, 2.45) is 34.0 Å². The van der Waals surface area contributed by atoms with E-state index in [9.17, 15) is 29.7 Å². The van der Waals surface area contributed by atoms with Crippen molar-refractivity contribution in [2.45, 2.75) is 97.4 Å². The third-order valence-corrected chi connectivity index (χ3v) is 9.67. The highest BCUT2D eigenvalue weighted by molar-refractivity contribution is 5.68. The van der Waals surface area contributed by atoms with Crippen molar-refractivity contribution in [1.82, 2.24) is 0 Å². The Bertz CT molecular complexity index is 943. The first-order chi connectivity index (χ1) is 16.1. The SMILES string of the molecule is C=C1[C@@H]2C[C@H](O)[C@H]3[C@]4(C)[C@@H](OC(C)=O)C[C@H](O)C(C)(C)[C@H]4[C@@H](OC(C)=O)[C@H](OC(C)=O)[C@]3(C2)[C@@H]1O. The lowest BCUT2D eigenvalue weighted by Crippen LogP contribution is -2.77. The first kappa shape index (κ1) is 26.1. The summed E-state index contributed by atoms with van der Waals surface area (Å²) in [7, 11) is 0. The van der Waals surface area contributed by atoms with E-state index in [4.69, 9.17) is 14.2 Å². The van der Waals surface area contributed by atoms with Gasteiger partial charge in [-0.3, -0.25) is 14.4 Å². The largest absolute Gasteiger partial charge is 0.462 e. The predicted molar refractivity (Wildman–Crippen MR) is 122 cm³/mol. The number of ether oxygens (including phenoxy) is 3. The molecule has 0 heterocycles. The molecule has 0 amide bonds. The van der Waals surface area contributed by atoms with Gasteiger partial charge in [-0.05, 0) is 29.7 Å². The molecule has 11 atom stereocenters. The van der Waals surface area contributed by atoms with Gasteiger partial charge in [0, 0.05) is 49.9 Å². The third-order valence-electron chi connectivity index (χ3n) is 9.67. The van der Waals surface area contributed by atoms with E-state index in [1.165, 1.54) is 20.8 Å². The van der Waals surface area contributed by atoms with Crippen LogP contribution in [0.15, 0.2) is 12.2 Å². The number of fused-ring (bicyclic) bond motifs is 3. The number of carbonyl (C=O) groups is 3. The number of aliphatic hydroxyl groups excluding tert-OH is 3. The fourth-order valence-corrected chi connectivity index (χ4v) is 8.67. The highest BCUT2D eigenvalue weighted by atomic mass is 16.6. The Morgan fingerprint density at radius 3 is 2.00 bits per heavy atom. The van der Waals surface area contributed by atoms with Crippen molar-refractivity contribution in [3.8, 4) is 0 Å². The molecule has 0 aromatic rings. The molecule has 1 spiro atoms.